The number of methoxy groups -OCH3 is 1. The molecule has 2 atom stereocenters. The first kappa shape index (κ1) is 12.7. The van der Waals surface area contributed by atoms with Crippen LogP contribution in [-0.4, -0.2) is 18.3 Å². The summed E-state index contributed by atoms with van der Waals surface area (Å²) in [5.41, 5.74) is 1.05. The standard InChI is InChI=1S/C14H18N2O2/c1-18-14-7-10(5-6-13(14)17)9-16-12-4-2-3-11(12)8-15/h5-7,11-12,16-17H,2-4,9H2,1H3. The van der Waals surface area contributed by atoms with Crippen molar-refractivity contribution in [1.29, 1.82) is 5.26 Å². The van der Waals surface area contributed by atoms with Crippen molar-refractivity contribution in [2.45, 2.75) is 31.8 Å². The number of ether oxygens (including phenoxy) is 1. The van der Waals surface area contributed by atoms with E-state index in [9.17, 15) is 5.11 Å². The van der Waals surface area contributed by atoms with Gasteiger partial charge in [0.25, 0.3) is 0 Å². The minimum atomic E-state index is 0.129. The summed E-state index contributed by atoms with van der Waals surface area (Å²) < 4.78 is 5.07. The van der Waals surface area contributed by atoms with Crippen LogP contribution in [0.3, 0.4) is 0 Å². The van der Waals surface area contributed by atoms with E-state index in [1.165, 1.54) is 7.11 Å². The zero-order valence-corrected chi connectivity index (χ0v) is 10.5. The van der Waals surface area contributed by atoms with E-state index in [1.54, 1.807) is 6.07 Å². The SMILES string of the molecule is COc1cc(CNC2CCCC2C#N)ccc1O. The maximum Gasteiger partial charge on any atom is 0.160 e. The van der Waals surface area contributed by atoms with Crippen LogP contribution in [0.4, 0.5) is 0 Å². The molecule has 0 aromatic heterocycles. The van der Waals surface area contributed by atoms with Gasteiger partial charge >= 0.3 is 0 Å². The maximum atomic E-state index is 9.51. The lowest BCUT2D eigenvalue weighted by Gasteiger charge is -2.16. The number of rotatable bonds is 4. The summed E-state index contributed by atoms with van der Waals surface area (Å²) in [5, 5.41) is 21.9. The highest BCUT2D eigenvalue weighted by molar-refractivity contribution is 5.41. The van der Waals surface area contributed by atoms with Gasteiger partial charge in [-0.1, -0.05) is 12.5 Å². The van der Waals surface area contributed by atoms with Crippen molar-refractivity contribution in [2.24, 2.45) is 5.92 Å². The van der Waals surface area contributed by atoms with Crippen molar-refractivity contribution in [3.63, 3.8) is 0 Å². The largest absolute Gasteiger partial charge is 0.504 e. The van der Waals surface area contributed by atoms with E-state index in [0.29, 0.717) is 12.3 Å². The van der Waals surface area contributed by atoms with E-state index < -0.39 is 0 Å². The molecule has 1 fully saturated rings. The Morgan fingerprint density at radius 3 is 3.06 bits per heavy atom. The molecule has 1 aromatic carbocycles. The van der Waals surface area contributed by atoms with Crippen molar-refractivity contribution in [2.75, 3.05) is 7.11 Å². The number of nitriles is 1. The number of hydrogen-bond donors (Lipinski definition) is 2. The number of phenolic OH excluding ortho intramolecular Hbond substituents is 1. The van der Waals surface area contributed by atoms with Gasteiger partial charge in [0, 0.05) is 12.6 Å². The summed E-state index contributed by atoms with van der Waals surface area (Å²) in [4.78, 5) is 0. The van der Waals surface area contributed by atoms with Crippen LogP contribution < -0.4 is 10.1 Å². The van der Waals surface area contributed by atoms with Crippen molar-refractivity contribution < 1.29 is 9.84 Å². The first-order valence-electron chi connectivity index (χ1n) is 6.23. The Kier molecular flexibility index (Phi) is 4.06. The lowest BCUT2D eigenvalue weighted by molar-refractivity contribution is 0.372. The van der Waals surface area contributed by atoms with Crippen LogP contribution in [0, 0.1) is 17.2 Å². The number of hydrogen-bond acceptors (Lipinski definition) is 4. The van der Waals surface area contributed by atoms with Gasteiger partial charge in [-0.3, -0.25) is 0 Å². The van der Waals surface area contributed by atoms with Crippen LogP contribution in [-0.2, 0) is 6.54 Å². The third-order valence-corrected chi connectivity index (χ3v) is 3.49. The van der Waals surface area contributed by atoms with Gasteiger partial charge in [0.15, 0.2) is 11.5 Å². The number of aromatic hydroxyl groups is 1. The number of nitrogens with one attached hydrogen (secondary N) is 1. The van der Waals surface area contributed by atoms with Crippen molar-refractivity contribution >= 4 is 0 Å². The molecule has 0 heterocycles. The molecule has 2 rings (SSSR count). The Bertz CT molecular complexity index is 454. The molecule has 2 N–H and O–H groups in total. The van der Waals surface area contributed by atoms with Crippen molar-refractivity contribution in [3.8, 4) is 17.6 Å². The van der Waals surface area contributed by atoms with Crippen LogP contribution in [0.2, 0.25) is 0 Å². The molecule has 18 heavy (non-hydrogen) atoms. The topological polar surface area (TPSA) is 65.3 Å². The van der Waals surface area contributed by atoms with E-state index in [4.69, 9.17) is 10.00 Å². The second kappa shape index (κ2) is 5.74. The van der Waals surface area contributed by atoms with Gasteiger partial charge < -0.3 is 15.2 Å². The zero-order chi connectivity index (χ0) is 13.0. The van der Waals surface area contributed by atoms with E-state index in [1.807, 2.05) is 12.1 Å². The maximum absolute atomic E-state index is 9.51. The van der Waals surface area contributed by atoms with E-state index >= 15 is 0 Å². The fourth-order valence-electron chi connectivity index (χ4n) is 2.44. The Morgan fingerprint density at radius 2 is 2.33 bits per heavy atom. The third-order valence-electron chi connectivity index (χ3n) is 3.49. The Balaban J connectivity index is 1.96. The fourth-order valence-corrected chi connectivity index (χ4v) is 2.44. The van der Waals surface area contributed by atoms with Crippen LogP contribution >= 0.6 is 0 Å². The third kappa shape index (κ3) is 2.74. The minimum absolute atomic E-state index is 0.129. The number of nitrogens with zero attached hydrogens (tertiary/aromatic N) is 1. The molecule has 4 heteroatoms. The smallest absolute Gasteiger partial charge is 0.160 e. The van der Waals surface area contributed by atoms with Gasteiger partial charge in [0.2, 0.25) is 0 Å². The average molecular weight is 246 g/mol. The molecule has 0 bridgehead atoms. The minimum Gasteiger partial charge on any atom is -0.504 e. The second-order valence-electron chi connectivity index (χ2n) is 4.66. The molecule has 0 aliphatic heterocycles. The van der Waals surface area contributed by atoms with Crippen LogP contribution in [0.15, 0.2) is 18.2 Å². The summed E-state index contributed by atoms with van der Waals surface area (Å²) in [7, 11) is 1.54. The summed E-state index contributed by atoms with van der Waals surface area (Å²) in [6, 6.07) is 7.95. The van der Waals surface area contributed by atoms with Crippen LogP contribution in [0.5, 0.6) is 11.5 Å². The molecule has 0 spiro atoms. The highest BCUT2D eigenvalue weighted by atomic mass is 16.5. The van der Waals surface area contributed by atoms with E-state index in [2.05, 4.69) is 11.4 Å². The molecule has 0 radical (unpaired) electrons. The molecule has 0 saturated heterocycles. The Hall–Kier alpha value is -1.73. The summed E-state index contributed by atoms with van der Waals surface area (Å²) >= 11 is 0. The Morgan fingerprint density at radius 1 is 1.50 bits per heavy atom. The van der Waals surface area contributed by atoms with Crippen molar-refractivity contribution in [1.82, 2.24) is 5.32 Å². The summed E-state index contributed by atoms with van der Waals surface area (Å²) in [6.45, 7) is 0.694. The second-order valence-corrected chi connectivity index (χ2v) is 4.66. The van der Waals surface area contributed by atoms with Crippen LogP contribution in [0.1, 0.15) is 24.8 Å². The Labute approximate surface area is 107 Å². The van der Waals surface area contributed by atoms with Gasteiger partial charge in [-0.2, -0.15) is 5.26 Å². The summed E-state index contributed by atoms with van der Waals surface area (Å²) in [6.07, 6.45) is 3.18. The molecule has 1 aromatic rings. The molecule has 1 aliphatic carbocycles. The molecule has 96 valence electrons. The predicted molar refractivity (Wildman–Crippen MR) is 68.2 cm³/mol. The molecular formula is C14H18N2O2. The number of benzene rings is 1. The van der Waals surface area contributed by atoms with Crippen LogP contribution in [0.25, 0.3) is 0 Å². The van der Waals surface area contributed by atoms with E-state index in [-0.39, 0.29) is 17.7 Å². The molecule has 4 nitrogen and oxygen atoms in total. The van der Waals surface area contributed by atoms with E-state index in [0.717, 1.165) is 24.8 Å². The molecule has 1 aliphatic rings. The number of phenols is 1. The molecular weight excluding hydrogens is 228 g/mol. The van der Waals surface area contributed by atoms with Gasteiger partial charge in [-0.05, 0) is 30.5 Å². The quantitative estimate of drug-likeness (QED) is 0.854. The van der Waals surface area contributed by atoms with Gasteiger partial charge in [0.05, 0.1) is 19.1 Å². The highest BCUT2D eigenvalue weighted by Gasteiger charge is 2.26. The molecule has 0 amide bonds. The van der Waals surface area contributed by atoms with Gasteiger partial charge in [-0.15, -0.1) is 0 Å². The fraction of sp³-hybridized carbons (Fsp3) is 0.500. The monoisotopic (exact) mass is 246 g/mol. The molecule has 2 unspecified atom stereocenters. The lowest BCUT2D eigenvalue weighted by Crippen LogP contribution is -2.31. The van der Waals surface area contributed by atoms with Crippen molar-refractivity contribution in [3.05, 3.63) is 23.8 Å². The highest BCUT2D eigenvalue weighted by Crippen LogP contribution is 2.28. The normalized spacial score (nSPS) is 22.7. The lowest BCUT2D eigenvalue weighted by atomic mass is 10.1. The zero-order valence-electron chi connectivity index (χ0n) is 10.5. The first-order valence-corrected chi connectivity index (χ1v) is 6.23. The molecule has 1 saturated carbocycles. The van der Waals surface area contributed by atoms with Gasteiger partial charge in [-0.25, -0.2) is 0 Å². The summed E-state index contributed by atoms with van der Waals surface area (Å²) in [5.74, 6) is 0.763. The average Bonchev–Trinajstić information content (AvgIpc) is 2.85. The van der Waals surface area contributed by atoms with Gasteiger partial charge in [0.1, 0.15) is 0 Å². The predicted octanol–water partition coefficient (Wildman–Crippen LogP) is 2.18. The first-order chi connectivity index (χ1) is 8.74.